The number of aromatic nitrogens is 1. The molecule has 0 aliphatic carbocycles. The maximum absolute atomic E-state index is 11.1. The van der Waals surface area contributed by atoms with Crippen molar-refractivity contribution in [1.82, 2.24) is 10.3 Å². The number of ether oxygens (including phenoxy) is 1. The second-order valence-electron chi connectivity index (χ2n) is 4.27. The van der Waals surface area contributed by atoms with Crippen molar-refractivity contribution in [2.75, 3.05) is 19.7 Å². The van der Waals surface area contributed by atoms with Crippen LogP contribution in [0.4, 0.5) is 0 Å². The Morgan fingerprint density at radius 1 is 1.47 bits per heavy atom. The predicted molar refractivity (Wildman–Crippen MR) is 72.0 cm³/mol. The molecule has 0 saturated carbocycles. The number of esters is 1. The van der Waals surface area contributed by atoms with E-state index in [1.807, 2.05) is 25.1 Å². The molecule has 102 valence electrons. The third-order valence-corrected chi connectivity index (χ3v) is 2.72. The summed E-state index contributed by atoms with van der Waals surface area (Å²) in [6.45, 7) is 5.02. The van der Waals surface area contributed by atoms with Crippen molar-refractivity contribution >= 4 is 17.1 Å². The molecule has 1 N–H and O–H groups in total. The molecule has 0 radical (unpaired) electrons. The van der Waals surface area contributed by atoms with Gasteiger partial charge in [0.2, 0.25) is 0 Å². The second-order valence-corrected chi connectivity index (χ2v) is 4.27. The Morgan fingerprint density at radius 3 is 3.11 bits per heavy atom. The minimum Gasteiger partial charge on any atom is -0.465 e. The zero-order valence-corrected chi connectivity index (χ0v) is 11.2. The van der Waals surface area contributed by atoms with Crippen LogP contribution in [-0.2, 0) is 16.0 Å². The lowest BCUT2D eigenvalue weighted by molar-refractivity contribution is -0.141. The first kappa shape index (κ1) is 13.5. The molecule has 0 spiro atoms. The smallest absolute Gasteiger partial charge is 0.319 e. The number of nitrogens with one attached hydrogen (secondary N) is 1. The number of rotatable bonds is 6. The van der Waals surface area contributed by atoms with E-state index < -0.39 is 0 Å². The molecule has 1 aromatic heterocycles. The Morgan fingerprint density at radius 2 is 2.32 bits per heavy atom. The fraction of sp³-hybridized carbons (Fsp3) is 0.429. The third kappa shape index (κ3) is 3.79. The number of hydrogen-bond donors (Lipinski definition) is 1. The Bertz CT molecular complexity index is 563. The summed E-state index contributed by atoms with van der Waals surface area (Å²) in [7, 11) is 0. The molecule has 1 aromatic carbocycles. The average molecular weight is 262 g/mol. The topological polar surface area (TPSA) is 64.4 Å². The highest BCUT2D eigenvalue weighted by atomic mass is 16.5. The molecular weight excluding hydrogens is 244 g/mol. The second kappa shape index (κ2) is 6.33. The highest BCUT2D eigenvalue weighted by Crippen LogP contribution is 2.16. The molecule has 5 nitrogen and oxygen atoms in total. The van der Waals surface area contributed by atoms with E-state index in [1.165, 1.54) is 0 Å². The summed E-state index contributed by atoms with van der Waals surface area (Å²) in [6, 6.07) is 5.96. The van der Waals surface area contributed by atoms with Gasteiger partial charge in [0.1, 0.15) is 5.52 Å². The molecular formula is C14H18N2O3. The highest BCUT2D eigenvalue weighted by Gasteiger charge is 2.04. The van der Waals surface area contributed by atoms with Crippen LogP contribution in [0.3, 0.4) is 0 Å². The summed E-state index contributed by atoms with van der Waals surface area (Å²) in [6.07, 6.45) is 0.828. The molecule has 1 heterocycles. The number of carbonyl (C=O) groups is 1. The van der Waals surface area contributed by atoms with E-state index in [-0.39, 0.29) is 12.5 Å². The van der Waals surface area contributed by atoms with Crippen LogP contribution in [0.2, 0.25) is 0 Å². The fourth-order valence-electron chi connectivity index (χ4n) is 1.87. The van der Waals surface area contributed by atoms with Crippen molar-refractivity contribution in [3.63, 3.8) is 0 Å². The highest BCUT2D eigenvalue weighted by molar-refractivity contribution is 5.73. The van der Waals surface area contributed by atoms with Crippen LogP contribution in [0, 0.1) is 6.92 Å². The number of benzene rings is 1. The van der Waals surface area contributed by atoms with E-state index in [0.29, 0.717) is 12.5 Å². The molecule has 0 amide bonds. The third-order valence-electron chi connectivity index (χ3n) is 2.72. The summed E-state index contributed by atoms with van der Waals surface area (Å²) < 4.78 is 10.3. The van der Waals surface area contributed by atoms with Gasteiger partial charge < -0.3 is 14.5 Å². The van der Waals surface area contributed by atoms with Crippen LogP contribution in [0.15, 0.2) is 22.6 Å². The Balaban J connectivity index is 1.83. The summed E-state index contributed by atoms with van der Waals surface area (Å²) >= 11 is 0. The number of hydrogen-bond acceptors (Lipinski definition) is 5. The van der Waals surface area contributed by atoms with Gasteiger partial charge in [-0.3, -0.25) is 4.79 Å². The monoisotopic (exact) mass is 262 g/mol. The number of nitrogens with zero attached hydrogens (tertiary/aromatic N) is 1. The van der Waals surface area contributed by atoms with Gasteiger partial charge in [-0.15, -0.1) is 0 Å². The Kier molecular flexibility index (Phi) is 4.52. The lowest BCUT2D eigenvalue weighted by atomic mass is 10.1. The molecule has 0 aliphatic heterocycles. The van der Waals surface area contributed by atoms with E-state index in [2.05, 4.69) is 10.3 Å². The van der Waals surface area contributed by atoms with Gasteiger partial charge in [-0.05, 0) is 37.6 Å². The molecule has 0 unspecified atom stereocenters. The summed E-state index contributed by atoms with van der Waals surface area (Å²) in [5.74, 6) is 0.455. The molecule has 19 heavy (non-hydrogen) atoms. The van der Waals surface area contributed by atoms with Gasteiger partial charge in [0.15, 0.2) is 11.5 Å². The Labute approximate surface area is 112 Å². The summed E-state index contributed by atoms with van der Waals surface area (Å²) in [5.41, 5.74) is 2.83. The zero-order chi connectivity index (χ0) is 13.7. The van der Waals surface area contributed by atoms with E-state index in [9.17, 15) is 4.79 Å². The van der Waals surface area contributed by atoms with Crippen molar-refractivity contribution in [2.45, 2.75) is 20.3 Å². The SMILES string of the molecule is CCOC(=O)CNCCc1ccc2nc(C)oc2c1. The molecule has 5 heteroatoms. The van der Waals surface area contributed by atoms with Gasteiger partial charge >= 0.3 is 5.97 Å². The minimum atomic E-state index is -0.219. The van der Waals surface area contributed by atoms with Crippen LogP contribution in [0.25, 0.3) is 11.1 Å². The van der Waals surface area contributed by atoms with Crippen LogP contribution in [-0.4, -0.2) is 30.6 Å². The van der Waals surface area contributed by atoms with Crippen molar-refractivity contribution in [1.29, 1.82) is 0 Å². The lowest BCUT2D eigenvalue weighted by Crippen LogP contribution is -2.26. The number of carbonyl (C=O) groups excluding carboxylic acids is 1. The molecule has 0 aliphatic rings. The zero-order valence-electron chi connectivity index (χ0n) is 11.2. The van der Waals surface area contributed by atoms with Crippen molar-refractivity contribution in [3.05, 3.63) is 29.7 Å². The molecule has 2 rings (SSSR count). The van der Waals surface area contributed by atoms with Crippen LogP contribution < -0.4 is 5.32 Å². The van der Waals surface area contributed by atoms with E-state index in [4.69, 9.17) is 9.15 Å². The molecule has 0 atom stereocenters. The first-order valence-electron chi connectivity index (χ1n) is 6.41. The first-order valence-corrected chi connectivity index (χ1v) is 6.41. The van der Waals surface area contributed by atoms with Crippen LogP contribution in [0.1, 0.15) is 18.4 Å². The van der Waals surface area contributed by atoms with Gasteiger partial charge in [-0.25, -0.2) is 4.98 Å². The molecule has 0 bridgehead atoms. The molecule has 0 saturated heterocycles. The normalized spacial score (nSPS) is 10.8. The van der Waals surface area contributed by atoms with E-state index >= 15 is 0 Å². The lowest BCUT2D eigenvalue weighted by Gasteiger charge is -2.04. The summed E-state index contributed by atoms with van der Waals surface area (Å²) in [4.78, 5) is 15.4. The number of oxazole rings is 1. The van der Waals surface area contributed by atoms with Gasteiger partial charge in [0.05, 0.1) is 13.2 Å². The fourth-order valence-corrected chi connectivity index (χ4v) is 1.87. The minimum absolute atomic E-state index is 0.219. The number of aryl methyl sites for hydroxylation is 1. The molecule has 2 aromatic rings. The van der Waals surface area contributed by atoms with Crippen molar-refractivity contribution in [2.24, 2.45) is 0 Å². The standard InChI is InChI=1S/C14H18N2O3/c1-3-18-14(17)9-15-7-6-11-4-5-12-13(8-11)19-10(2)16-12/h4-5,8,15H,3,6-7,9H2,1-2H3. The van der Waals surface area contributed by atoms with Crippen LogP contribution in [0.5, 0.6) is 0 Å². The largest absolute Gasteiger partial charge is 0.465 e. The van der Waals surface area contributed by atoms with Crippen LogP contribution >= 0.6 is 0 Å². The quantitative estimate of drug-likeness (QED) is 0.635. The van der Waals surface area contributed by atoms with E-state index in [0.717, 1.165) is 29.6 Å². The average Bonchev–Trinajstić information content (AvgIpc) is 2.74. The summed E-state index contributed by atoms with van der Waals surface area (Å²) in [5, 5.41) is 3.05. The van der Waals surface area contributed by atoms with Crippen molar-refractivity contribution in [3.8, 4) is 0 Å². The Hall–Kier alpha value is -1.88. The molecule has 0 fully saturated rings. The van der Waals surface area contributed by atoms with Gasteiger partial charge in [-0.2, -0.15) is 0 Å². The maximum atomic E-state index is 11.1. The number of fused-ring (bicyclic) bond motifs is 1. The predicted octanol–water partition coefficient (Wildman–Crippen LogP) is 1.83. The first-order chi connectivity index (χ1) is 9.19. The maximum Gasteiger partial charge on any atom is 0.319 e. The van der Waals surface area contributed by atoms with E-state index in [1.54, 1.807) is 6.92 Å². The van der Waals surface area contributed by atoms with Gasteiger partial charge in [0, 0.05) is 6.92 Å². The van der Waals surface area contributed by atoms with Crippen molar-refractivity contribution < 1.29 is 13.9 Å². The van der Waals surface area contributed by atoms with Gasteiger partial charge in [0.25, 0.3) is 0 Å². The van der Waals surface area contributed by atoms with Gasteiger partial charge in [-0.1, -0.05) is 6.07 Å².